The Hall–Kier alpha value is -2.09. The van der Waals surface area contributed by atoms with Gasteiger partial charge in [0.2, 0.25) is 10.0 Å². The average Bonchev–Trinajstić information content (AvgIpc) is 2.89. The quantitative estimate of drug-likeness (QED) is 0.618. The summed E-state index contributed by atoms with van der Waals surface area (Å²) in [6.45, 7) is 0.703. The first-order valence-corrected chi connectivity index (χ1v) is 9.87. The van der Waals surface area contributed by atoms with Crippen molar-refractivity contribution in [2.75, 3.05) is 6.54 Å². The second-order valence-electron chi connectivity index (χ2n) is 5.73. The first-order chi connectivity index (χ1) is 11.9. The number of halogens is 1. The van der Waals surface area contributed by atoms with Crippen LogP contribution in [0.2, 0.25) is 5.02 Å². The minimum absolute atomic E-state index is 0.1000. The highest BCUT2D eigenvalue weighted by molar-refractivity contribution is 7.88. The number of aryl methyl sites for hydroxylation is 1. The van der Waals surface area contributed by atoms with Crippen LogP contribution in [-0.4, -0.2) is 24.5 Å². The normalized spacial score (nSPS) is 11.9. The SMILES string of the molecule is O=c1[nH]c2ccccc2n1CCCNS(=O)(=O)Cc1ccc(Cl)cc1. The summed E-state index contributed by atoms with van der Waals surface area (Å²) in [6.07, 6.45) is 0.515. The molecule has 2 aromatic carbocycles. The number of hydrogen-bond acceptors (Lipinski definition) is 3. The summed E-state index contributed by atoms with van der Waals surface area (Å²) in [4.78, 5) is 14.7. The molecule has 1 aromatic heterocycles. The molecule has 3 aromatic rings. The number of rotatable bonds is 7. The summed E-state index contributed by atoms with van der Waals surface area (Å²) in [5.41, 5.74) is 2.07. The van der Waals surface area contributed by atoms with Gasteiger partial charge in [-0.25, -0.2) is 17.9 Å². The molecule has 2 N–H and O–H groups in total. The molecule has 0 amide bonds. The Morgan fingerprint density at radius 3 is 2.56 bits per heavy atom. The number of nitrogens with one attached hydrogen (secondary N) is 2. The van der Waals surface area contributed by atoms with Crippen LogP contribution in [-0.2, 0) is 22.3 Å². The standard InChI is InChI=1S/C17H18ClN3O3S/c18-14-8-6-13(7-9-14)12-25(23,24)19-10-3-11-21-16-5-2-1-4-15(16)20-17(21)22/h1-2,4-9,19H,3,10-12H2,(H,20,22). The van der Waals surface area contributed by atoms with Gasteiger partial charge in [0.15, 0.2) is 0 Å². The molecular weight excluding hydrogens is 362 g/mol. The number of imidazole rings is 1. The van der Waals surface area contributed by atoms with Crippen LogP contribution in [0, 0.1) is 0 Å². The lowest BCUT2D eigenvalue weighted by atomic mass is 10.2. The van der Waals surface area contributed by atoms with Crippen molar-refractivity contribution in [1.82, 2.24) is 14.3 Å². The van der Waals surface area contributed by atoms with Crippen molar-refractivity contribution in [2.45, 2.75) is 18.7 Å². The van der Waals surface area contributed by atoms with Gasteiger partial charge in [0.25, 0.3) is 0 Å². The van der Waals surface area contributed by atoms with E-state index in [1.54, 1.807) is 28.8 Å². The van der Waals surface area contributed by atoms with Gasteiger partial charge in [0.05, 0.1) is 16.8 Å². The molecule has 0 aliphatic carbocycles. The third-order valence-electron chi connectivity index (χ3n) is 3.83. The maximum atomic E-state index is 12.1. The van der Waals surface area contributed by atoms with Crippen LogP contribution in [0.15, 0.2) is 53.3 Å². The molecular formula is C17H18ClN3O3S. The van der Waals surface area contributed by atoms with E-state index >= 15 is 0 Å². The predicted molar refractivity (Wildman–Crippen MR) is 99.3 cm³/mol. The molecule has 132 valence electrons. The molecule has 0 radical (unpaired) electrons. The van der Waals surface area contributed by atoms with Gasteiger partial charge < -0.3 is 4.98 Å². The lowest BCUT2D eigenvalue weighted by molar-refractivity contribution is 0.569. The van der Waals surface area contributed by atoms with E-state index in [1.807, 2.05) is 24.3 Å². The van der Waals surface area contributed by atoms with Crippen molar-refractivity contribution in [3.05, 3.63) is 69.6 Å². The zero-order valence-corrected chi connectivity index (χ0v) is 15.0. The minimum atomic E-state index is -3.43. The van der Waals surface area contributed by atoms with Crippen LogP contribution in [0.5, 0.6) is 0 Å². The maximum absolute atomic E-state index is 12.1. The van der Waals surface area contributed by atoms with E-state index in [9.17, 15) is 13.2 Å². The number of benzene rings is 2. The monoisotopic (exact) mass is 379 g/mol. The molecule has 0 saturated heterocycles. The summed E-state index contributed by atoms with van der Waals surface area (Å²) >= 11 is 5.79. The molecule has 0 bridgehead atoms. The van der Waals surface area contributed by atoms with E-state index in [-0.39, 0.29) is 18.0 Å². The van der Waals surface area contributed by atoms with Gasteiger partial charge in [-0.1, -0.05) is 35.9 Å². The molecule has 3 rings (SSSR count). The van der Waals surface area contributed by atoms with Crippen LogP contribution < -0.4 is 10.4 Å². The molecule has 0 aliphatic heterocycles. The van der Waals surface area contributed by atoms with Gasteiger partial charge >= 0.3 is 5.69 Å². The highest BCUT2D eigenvalue weighted by atomic mass is 35.5. The Morgan fingerprint density at radius 1 is 1.08 bits per heavy atom. The van der Waals surface area contributed by atoms with E-state index < -0.39 is 10.0 Å². The lowest BCUT2D eigenvalue weighted by Gasteiger charge is -2.08. The number of sulfonamides is 1. The zero-order chi connectivity index (χ0) is 17.9. The van der Waals surface area contributed by atoms with Gasteiger partial charge in [0.1, 0.15) is 0 Å². The maximum Gasteiger partial charge on any atom is 0.326 e. The summed E-state index contributed by atoms with van der Waals surface area (Å²) in [5.74, 6) is -0.1000. The Bertz CT molecular complexity index is 1020. The van der Waals surface area contributed by atoms with Gasteiger partial charge in [-0.15, -0.1) is 0 Å². The van der Waals surface area contributed by atoms with Crippen molar-refractivity contribution in [3.8, 4) is 0 Å². The van der Waals surface area contributed by atoms with Crippen LogP contribution >= 0.6 is 11.6 Å². The third kappa shape index (κ3) is 4.50. The van der Waals surface area contributed by atoms with E-state index in [0.717, 1.165) is 11.0 Å². The number of fused-ring (bicyclic) bond motifs is 1. The number of nitrogens with zero attached hydrogens (tertiary/aromatic N) is 1. The Kier molecular flexibility index (Phi) is 5.27. The van der Waals surface area contributed by atoms with Gasteiger partial charge in [-0.2, -0.15) is 0 Å². The summed E-state index contributed by atoms with van der Waals surface area (Å²) < 4.78 is 28.4. The summed E-state index contributed by atoms with van der Waals surface area (Å²) in [6, 6.07) is 14.1. The smallest absolute Gasteiger partial charge is 0.306 e. The number of H-pyrrole nitrogens is 1. The number of para-hydroxylation sites is 2. The second kappa shape index (κ2) is 7.43. The average molecular weight is 380 g/mol. The molecule has 0 atom stereocenters. The van der Waals surface area contributed by atoms with Crippen LogP contribution in [0.1, 0.15) is 12.0 Å². The number of aromatic nitrogens is 2. The molecule has 0 fully saturated rings. The largest absolute Gasteiger partial charge is 0.326 e. The van der Waals surface area contributed by atoms with Crippen molar-refractivity contribution in [2.24, 2.45) is 0 Å². The van der Waals surface area contributed by atoms with Crippen LogP contribution in [0.3, 0.4) is 0 Å². The van der Waals surface area contributed by atoms with Gasteiger partial charge in [0, 0.05) is 18.1 Å². The van der Waals surface area contributed by atoms with Crippen molar-refractivity contribution in [1.29, 1.82) is 0 Å². The Balaban J connectivity index is 1.56. The molecule has 0 saturated carbocycles. The topological polar surface area (TPSA) is 84.0 Å². The predicted octanol–water partition coefficient (Wildman–Crippen LogP) is 2.49. The van der Waals surface area contributed by atoms with E-state index in [0.29, 0.717) is 23.6 Å². The Labute approximate surface area is 150 Å². The van der Waals surface area contributed by atoms with E-state index in [2.05, 4.69) is 9.71 Å². The third-order valence-corrected chi connectivity index (χ3v) is 5.44. The van der Waals surface area contributed by atoms with Gasteiger partial charge in [-0.05, 0) is 36.2 Å². The summed E-state index contributed by atoms with van der Waals surface area (Å²) in [5, 5.41) is 0.568. The minimum Gasteiger partial charge on any atom is -0.306 e. The highest BCUT2D eigenvalue weighted by Gasteiger charge is 2.11. The zero-order valence-electron chi connectivity index (χ0n) is 13.4. The fourth-order valence-corrected chi connectivity index (χ4v) is 3.96. The number of aromatic amines is 1. The van der Waals surface area contributed by atoms with E-state index in [4.69, 9.17) is 11.6 Å². The highest BCUT2D eigenvalue weighted by Crippen LogP contribution is 2.12. The van der Waals surface area contributed by atoms with Crippen LogP contribution in [0.4, 0.5) is 0 Å². The fourth-order valence-electron chi connectivity index (χ4n) is 2.64. The molecule has 0 unspecified atom stereocenters. The lowest BCUT2D eigenvalue weighted by Crippen LogP contribution is -2.27. The van der Waals surface area contributed by atoms with Crippen LogP contribution in [0.25, 0.3) is 11.0 Å². The fraction of sp³-hybridized carbons (Fsp3) is 0.235. The summed E-state index contributed by atoms with van der Waals surface area (Å²) in [7, 11) is -3.43. The molecule has 25 heavy (non-hydrogen) atoms. The van der Waals surface area contributed by atoms with E-state index in [1.165, 1.54) is 0 Å². The molecule has 0 spiro atoms. The van der Waals surface area contributed by atoms with Crippen molar-refractivity contribution in [3.63, 3.8) is 0 Å². The molecule has 8 heteroatoms. The first-order valence-electron chi connectivity index (χ1n) is 7.84. The number of hydrogen-bond donors (Lipinski definition) is 2. The molecule has 6 nitrogen and oxygen atoms in total. The van der Waals surface area contributed by atoms with Crippen molar-refractivity contribution < 1.29 is 8.42 Å². The second-order valence-corrected chi connectivity index (χ2v) is 7.98. The molecule has 0 aliphatic rings. The van der Waals surface area contributed by atoms with Gasteiger partial charge in [-0.3, -0.25) is 4.57 Å². The Morgan fingerprint density at radius 2 is 1.80 bits per heavy atom. The van der Waals surface area contributed by atoms with Crippen molar-refractivity contribution >= 4 is 32.7 Å². The molecule has 1 heterocycles. The first kappa shape index (κ1) is 17.7.